The Morgan fingerprint density at radius 3 is 2.11 bits per heavy atom. The molecule has 0 unspecified atom stereocenters. The van der Waals surface area contributed by atoms with Crippen molar-refractivity contribution in [3.63, 3.8) is 0 Å². The number of rotatable bonds is 4. The highest BCUT2D eigenvalue weighted by Gasteiger charge is 2.15. The molecule has 0 atom stereocenters. The summed E-state index contributed by atoms with van der Waals surface area (Å²) in [5.74, 6) is 0.0417. The zero-order valence-corrected chi connectivity index (χ0v) is 11.1. The van der Waals surface area contributed by atoms with E-state index in [9.17, 15) is 9.59 Å². The van der Waals surface area contributed by atoms with Crippen LogP contribution in [0.15, 0.2) is 48.5 Å². The molecule has 0 spiro atoms. The molecule has 0 aliphatic heterocycles. The van der Waals surface area contributed by atoms with Crippen LogP contribution in [0.4, 0.5) is 0 Å². The van der Waals surface area contributed by atoms with Gasteiger partial charge in [0.2, 0.25) is 0 Å². The predicted molar refractivity (Wildman–Crippen MR) is 75.4 cm³/mol. The van der Waals surface area contributed by atoms with Crippen molar-refractivity contribution in [1.29, 1.82) is 0 Å². The van der Waals surface area contributed by atoms with Crippen LogP contribution >= 0.6 is 0 Å². The van der Waals surface area contributed by atoms with Crippen molar-refractivity contribution in [2.24, 2.45) is 0 Å². The summed E-state index contributed by atoms with van der Waals surface area (Å²) in [4.78, 5) is 23.8. The number of ketones is 2. The van der Waals surface area contributed by atoms with Crippen LogP contribution < -0.4 is 0 Å². The molecule has 0 saturated heterocycles. The van der Waals surface area contributed by atoms with E-state index in [1.54, 1.807) is 6.07 Å². The molecule has 0 aliphatic rings. The minimum Gasteiger partial charge on any atom is -0.300 e. The molecule has 0 heterocycles. The SMILES string of the molecule is CC(=O)Cc1ccccc1C(=O)c1ccccc1C. The van der Waals surface area contributed by atoms with Crippen LogP contribution in [-0.2, 0) is 11.2 Å². The number of benzene rings is 2. The van der Waals surface area contributed by atoms with E-state index in [0.717, 1.165) is 11.1 Å². The average Bonchev–Trinajstić information content (AvgIpc) is 2.38. The zero-order chi connectivity index (χ0) is 13.8. The fourth-order valence-electron chi connectivity index (χ4n) is 2.14. The molecule has 0 saturated carbocycles. The lowest BCUT2D eigenvalue weighted by molar-refractivity contribution is -0.116. The van der Waals surface area contributed by atoms with Crippen molar-refractivity contribution in [3.05, 3.63) is 70.8 Å². The number of Topliss-reactive ketones (excluding diaryl/α,β-unsaturated/α-hetero) is 1. The Kier molecular flexibility index (Phi) is 3.91. The number of hydrogen-bond donors (Lipinski definition) is 0. The van der Waals surface area contributed by atoms with Gasteiger partial charge in [-0.2, -0.15) is 0 Å². The Morgan fingerprint density at radius 2 is 1.47 bits per heavy atom. The number of carbonyl (C=O) groups excluding carboxylic acids is 2. The summed E-state index contributed by atoms with van der Waals surface area (Å²) in [6, 6.07) is 14.8. The normalized spacial score (nSPS) is 10.2. The zero-order valence-electron chi connectivity index (χ0n) is 11.1. The lowest BCUT2D eigenvalue weighted by Gasteiger charge is -2.09. The summed E-state index contributed by atoms with van der Waals surface area (Å²) < 4.78 is 0. The fourth-order valence-corrected chi connectivity index (χ4v) is 2.14. The first-order chi connectivity index (χ1) is 9.09. The van der Waals surface area contributed by atoms with E-state index < -0.39 is 0 Å². The Bertz CT molecular complexity index is 627. The molecule has 0 N–H and O–H groups in total. The molecule has 0 radical (unpaired) electrons. The molecular weight excluding hydrogens is 236 g/mol. The molecule has 2 aromatic rings. The molecule has 2 aromatic carbocycles. The number of aryl methyl sites for hydroxylation is 1. The predicted octanol–water partition coefficient (Wildman–Crippen LogP) is 3.36. The maximum atomic E-state index is 12.6. The van der Waals surface area contributed by atoms with Crippen molar-refractivity contribution >= 4 is 11.6 Å². The summed E-state index contributed by atoms with van der Waals surface area (Å²) in [5, 5.41) is 0. The number of carbonyl (C=O) groups is 2. The average molecular weight is 252 g/mol. The van der Waals surface area contributed by atoms with Gasteiger partial charge >= 0.3 is 0 Å². The molecule has 0 fully saturated rings. The fraction of sp³-hybridized carbons (Fsp3) is 0.176. The van der Waals surface area contributed by atoms with Gasteiger partial charge in [-0.3, -0.25) is 9.59 Å². The van der Waals surface area contributed by atoms with E-state index >= 15 is 0 Å². The highest BCUT2D eigenvalue weighted by Crippen LogP contribution is 2.18. The van der Waals surface area contributed by atoms with Crippen LogP contribution in [0.2, 0.25) is 0 Å². The van der Waals surface area contributed by atoms with Crippen LogP contribution in [0, 0.1) is 6.92 Å². The van der Waals surface area contributed by atoms with E-state index in [1.165, 1.54) is 6.92 Å². The minimum absolute atomic E-state index is 0.0186. The first kappa shape index (κ1) is 13.2. The quantitative estimate of drug-likeness (QED) is 0.782. The standard InChI is InChI=1S/C17H16O2/c1-12-7-3-5-9-15(12)17(19)16-10-6-4-8-14(16)11-13(2)18/h3-10H,11H2,1-2H3. The van der Waals surface area contributed by atoms with Gasteiger partial charge in [0.05, 0.1) is 0 Å². The topological polar surface area (TPSA) is 34.1 Å². The molecule has 0 amide bonds. The van der Waals surface area contributed by atoms with Gasteiger partial charge in [-0.05, 0) is 25.0 Å². The lowest BCUT2D eigenvalue weighted by atomic mass is 9.94. The van der Waals surface area contributed by atoms with Gasteiger partial charge in [0.1, 0.15) is 5.78 Å². The molecule has 2 heteroatoms. The highest BCUT2D eigenvalue weighted by atomic mass is 16.1. The Labute approximate surface area is 113 Å². The van der Waals surface area contributed by atoms with Gasteiger partial charge in [0.15, 0.2) is 5.78 Å². The van der Waals surface area contributed by atoms with E-state index in [2.05, 4.69) is 0 Å². The lowest BCUT2D eigenvalue weighted by Crippen LogP contribution is -2.09. The molecule has 96 valence electrons. The van der Waals surface area contributed by atoms with Crippen LogP contribution in [0.5, 0.6) is 0 Å². The van der Waals surface area contributed by atoms with Crippen molar-refractivity contribution in [2.45, 2.75) is 20.3 Å². The van der Waals surface area contributed by atoms with Crippen LogP contribution in [0.1, 0.15) is 34.0 Å². The Balaban J connectivity index is 2.45. The first-order valence-corrected chi connectivity index (χ1v) is 6.27. The Morgan fingerprint density at radius 1 is 0.895 bits per heavy atom. The maximum absolute atomic E-state index is 12.6. The summed E-state index contributed by atoms with van der Waals surface area (Å²) in [7, 11) is 0. The summed E-state index contributed by atoms with van der Waals surface area (Å²) >= 11 is 0. The molecule has 0 aromatic heterocycles. The van der Waals surface area contributed by atoms with Crippen LogP contribution in [-0.4, -0.2) is 11.6 Å². The molecular formula is C17H16O2. The van der Waals surface area contributed by atoms with Crippen LogP contribution in [0.3, 0.4) is 0 Å². The van der Waals surface area contributed by atoms with Gasteiger partial charge in [0, 0.05) is 17.5 Å². The van der Waals surface area contributed by atoms with E-state index in [1.807, 2.05) is 49.4 Å². The van der Waals surface area contributed by atoms with Crippen molar-refractivity contribution in [1.82, 2.24) is 0 Å². The molecule has 19 heavy (non-hydrogen) atoms. The first-order valence-electron chi connectivity index (χ1n) is 6.27. The minimum atomic E-state index is -0.0186. The third-order valence-electron chi connectivity index (χ3n) is 3.09. The van der Waals surface area contributed by atoms with Gasteiger partial charge in [0.25, 0.3) is 0 Å². The third kappa shape index (κ3) is 2.97. The highest BCUT2D eigenvalue weighted by molar-refractivity contribution is 6.11. The van der Waals surface area contributed by atoms with E-state index in [0.29, 0.717) is 17.5 Å². The van der Waals surface area contributed by atoms with E-state index in [-0.39, 0.29) is 11.6 Å². The Hall–Kier alpha value is -2.22. The molecule has 2 nitrogen and oxygen atoms in total. The van der Waals surface area contributed by atoms with Gasteiger partial charge in [-0.25, -0.2) is 0 Å². The summed E-state index contributed by atoms with van der Waals surface area (Å²) in [5.41, 5.74) is 3.05. The molecule has 0 aliphatic carbocycles. The van der Waals surface area contributed by atoms with Crippen molar-refractivity contribution in [3.8, 4) is 0 Å². The summed E-state index contributed by atoms with van der Waals surface area (Å²) in [6.45, 7) is 3.45. The summed E-state index contributed by atoms with van der Waals surface area (Å²) in [6.07, 6.45) is 0.299. The van der Waals surface area contributed by atoms with Gasteiger partial charge in [-0.15, -0.1) is 0 Å². The maximum Gasteiger partial charge on any atom is 0.193 e. The largest absolute Gasteiger partial charge is 0.300 e. The molecule has 0 bridgehead atoms. The van der Waals surface area contributed by atoms with Crippen molar-refractivity contribution in [2.75, 3.05) is 0 Å². The third-order valence-corrected chi connectivity index (χ3v) is 3.09. The van der Waals surface area contributed by atoms with Crippen LogP contribution in [0.25, 0.3) is 0 Å². The number of hydrogen-bond acceptors (Lipinski definition) is 2. The second kappa shape index (κ2) is 5.61. The van der Waals surface area contributed by atoms with Crippen molar-refractivity contribution < 1.29 is 9.59 Å². The van der Waals surface area contributed by atoms with E-state index in [4.69, 9.17) is 0 Å². The second-order valence-corrected chi connectivity index (χ2v) is 4.68. The smallest absolute Gasteiger partial charge is 0.193 e. The van der Waals surface area contributed by atoms with Gasteiger partial charge in [-0.1, -0.05) is 48.5 Å². The molecule has 2 rings (SSSR count). The monoisotopic (exact) mass is 252 g/mol. The van der Waals surface area contributed by atoms with Gasteiger partial charge < -0.3 is 0 Å². The second-order valence-electron chi connectivity index (χ2n) is 4.68.